The predicted molar refractivity (Wildman–Crippen MR) is 56.2 cm³/mol. The molecule has 0 saturated heterocycles. The number of benzene rings is 1. The van der Waals surface area contributed by atoms with Gasteiger partial charge in [-0.3, -0.25) is 0 Å². The van der Waals surface area contributed by atoms with Crippen LogP contribution in [0.3, 0.4) is 0 Å². The summed E-state index contributed by atoms with van der Waals surface area (Å²) in [6, 6.07) is 0.170. The number of rotatable bonds is 2. The largest absolute Gasteiger partial charge is 0.435 e. The van der Waals surface area contributed by atoms with Crippen molar-refractivity contribution in [3.63, 3.8) is 0 Å². The van der Waals surface area contributed by atoms with Gasteiger partial charge in [0, 0.05) is 5.56 Å². The fourth-order valence-electron chi connectivity index (χ4n) is 1.36. The van der Waals surface area contributed by atoms with E-state index in [4.69, 9.17) is 28.7 Å². The van der Waals surface area contributed by atoms with Crippen LogP contribution in [0.1, 0.15) is 5.56 Å². The van der Waals surface area contributed by atoms with Gasteiger partial charge in [0.15, 0.2) is 0 Å². The maximum Gasteiger partial charge on any atom is 0.435 e. The zero-order valence-electron chi connectivity index (χ0n) is 9.00. The van der Waals surface area contributed by atoms with Crippen LogP contribution in [-0.4, -0.2) is 12.4 Å². The minimum Gasteiger partial charge on any atom is -0.218 e. The van der Waals surface area contributed by atoms with E-state index in [-0.39, 0.29) is 12.1 Å². The Kier molecular flexibility index (Phi) is 4.27. The van der Waals surface area contributed by atoms with Crippen molar-refractivity contribution in [1.82, 2.24) is 0 Å². The lowest BCUT2D eigenvalue weighted by atomic mass is 9.94. The zero-order chi connectivity index (χ0) is 15.9. The first-order chi connectivity index (χ1) is 8.86. The molecule has 20 heavy (non-hydrogen) atoms. The fraction of sp³-hybridized carbons (Fsp3) is 0.333. The van der Waals surface area contributed by atoms with Gasteiger partial charge in [-0.15, -0.1) is 0 Å². The molecule has 0 aromatic heterocycles. The minimum atomic E-state index is -6.27. The molecule has 0 radical (unpaired) electrons. The smallest absolute Gasteiger partial charge is 0.218 e. The molecule has 1 aromatic rings. The van der Waals surface area contributed by atoms with E-state index >= 15 is 0 Å². The first-order valence-corrected chi connectivity index (χ1v) is 5.31. The molecule has 1 aromatic carbocycles. The van der Waals surface area contributed by atoms with Crippen LogP contribution in [0.25, 0.3) is 0 Å². The molecule has 0 unspecified atom stereocenters. The van der Waals surface area contributed by atoms with Gasteiger partial charge in [-0.25, -0.2) is 9.92 Å². The molecule has 112 valence electrons. The average molecular weight is 343 g/mol. The fourth-order valence-corrected chi connectivity index (χ4v) is 1.93. The van der Waals surface area contributed by atoms with Gasteiger partial charge in [0.05, 0.1) is 10.0 Å². The van der Waals surface area contributed by atoms with Gasteiger partial charge < -0.3 is 0 Å². The number of nitrogens with one attached hydrogen (secondary N) is 1. The van der Waals surface area contributed by atoms with E-state index in [9.17, 15) is 30.7 Å². The second kappa shape index (κ2) is 5.03. The molecule has 0 aliphatic carbocycles. The number of nitrogens with zero attached hydrogens (tertiary/aromatic N) is 1. The number of alkyl halides is 7. The molecule has 1 N–H and O–H groups in total. The Morgan fingerprint density at radius 2 is 1.20 bits per heavy atom. The third-order valence-corrected chi connectivity index (χ3v) is 2.88. The number of hydrogen-bond donors (Lipinski definition) is 1. The lowest BCUT2D eigenvalue weighted by molar-refractivity contribution is -0.348. The second-order valence-electron chi connectivity index (χ2n) is 3.55. The van der Waals surface area contributed by atoms with E-state index in [0.29, 0.717) is 0 Å². The summed E-state index contributed by atoms with van der Waals surface area (Å²) >= 11 is 10.7. The predicted octanol–water partition coefficient (Wildman–Crippen LogP) is 5.95. The third-order valence-electron chi connectivity index (χ3n) is 2.31. The van der Waals surface area contributed by atoms with Crippen molar-refractivity contribution >= 4 is 28.9 Å². The van der Waals surface area contributed by atoms with Crippen molar-refractivity contribution in [2.45, 2.75) is 18.0 Å². The summed E-state index contributed by atoms with van der Waals surface area (Å²) in [4.78, 5) is 0. The standard InChI is InChI=1S/C9H3Cl2F7N2/c10-4-1-3(2-5(11)6(4)20-19)7(12,8(13,14)15)9(16,17)18/h1-2,19H. The van der Waals surface area contributed by atoms with Crippen LogP contribution in [0, 0.1) is 5.53 Å². The molecule has 0 aliphatic heterocycles. The number of hydrogen-bond acceptors (Lipinski definition) is 2. The highest BCUT2D eigenvalue weighted by Gasteiger charge is 2.73. The maximum atomic E-state index is 13.7. The molecule has 11 heteroatoms. The lowest BCUT2D eigenvalue weighted by Gasteiger charge is -2.30. The Labute approximate surface area is 117 Å². The number of halogens is 9. The quantitative estimate of drug-likeness (QED) is 0.509. The summed E-state index contributed by atoms with van der Waals surface area (Å²) in [6.07, 6.45) is -12.5. The van der Waals surface area contributed by atoms with Crippen LogP contribution in [-0.2, 0) is 5.67 Å². The first-order valence-electron chi connectivity index (χ1n) is 4.55. The molecule has 0 aliphatic rings. The minimum absolute atomic E-state index is 0.0851. The summed E-state index contributed by atoms with van der Waals surface area (Å²) in [5.74, 6) is 0. The molecule has 0 bridgehead atoms. The van der Waals surface area contributed by atoms with Gasteiger partial charge in [-0.1, -0.05) is 23.2 Å². The topological polar surface area (TPSA) is 36.2 Å². The van der Waals surface area contributed by atoms with E-state index in [2.05, 4.69) is 5.11 Å². The van der Waals surface area contributed by atoms with Crippen molar-refractivity contribution in [1.29, 1.82) is 5.53 Å². The summed E-state index contributed by atoms with van der Waals surface area (Å²) in [5.41, 5.74) is -1.42. The molecule has 0 atom stereocenters. The van der Waals surface area contributed by atoms with Crippen LogP contribution in [0.2, 0.25) is 10.0 Å². The molecule has 0 amide bonds. The molecule has 2 nitrogen and oxygen atoms in total. The molecule has 1 rings (SSSR count). The van der Waals surface area contributed by atoms with Gasteiger partial charge in [-0.05, 0) is 12.1 Å². The Morgan fingerprint density at radius 3 is 1.45 bits per heavy atom. The summed E-state index contributed by atoms with van der Waals surface area (Å²) < 4.78 is 88.6. The molecular formula is C9H3Cl2F7N2. The van der Waals surface area contributed by atoms with Gasteiger partial charge in [-0.2, -0.15) is 31.5 Å². The van der Waals surface area contributed by atoms with Gasteiger partial charge in [0.1, 0.15) is 5.69 Å². The lowest BCUT2D eigenvalue weighted by Crippen LogP contribution is -2.50. The summed E-state index contributed by atoms with van der Waals surface area (Å²) in [7, 11) is 0. The van der Waals surface area contributed by atoms with Crippen molar-refractivity contribution in [2.75, 3.05) is 0 Å². The Bertz CT molecular complexity index is 501. The van der Waals surface area contributed by atoms with E-state index in [0.717, 1.165) is 0 Å². The van der Waals surface area contributed by atoms with Gasteiger partial charge in [0.25, 0.3) is 0 Å². The highest BCUT2D eigenvalue weighted by molar-refractivity contribution is 6.38. The summed E-state index contributed by atoms with van der Waals surface area (Å²) in [5, 5.41) is 1.10. The van der Waals surface area contributed by atoms with Crippen LogP contribution in [0.15, 0.2) is 17.2 Å². The monoisotopic (exact) mass is 342 g/mol. The maximum absolute atomic E-state index is 13.7. The van der Waals surface area contributed by atoms with Crippen molar-refractivity contribution in [2.24, 2.45) is 5.11 Å². The average Bonchev–Trinajstić information content (AvgIpc) is 2.24. The van der Waals surface area contributed by atoms with E-state index < -0.39 is 39.3 Å². The zero-order valence-corrected chi connectivity index (χ0v) is 10.5. The SMILES string of the molecule is N=Nc1c(Cl)cc(C(F)(C(F)(F)F)C(F)(F)F)cc1Cl. The second-order valence-corrected chi connectivity index (χ2v) is 4.37. The molecule has 0 spiro atoms. The van der Waals surface area contributed by atoms with Gasteiger partial charge in [0.2, 0.25) is 0 Å². The first kappa shape index (κ1) is 17.0. The highest BCUT2D eigenvalue weighted by Crippen LogP contribution is 2.54. The van der Waals surface area contributed by atoms with E-state index in [1.807, 2.05) is 0 Å². The van der Waals surface area contributed by atoms with Crippen LogP contribution < -0.4 is 0 Å². The molecular weight excluding hydrogens is 340 g/mol. The third kappa shape index (κ3) is 2.56. The normalized spacial score (nSPS) is 13.4. The van der Waals surface area contributed by atoms with Crippen LogP contribution >= 0.6 is 23.2 Å². The van der Waals surface area contributed by atoms with Crippen molar-refractivity contribution in [3.05, 3.63) is 27.7 Å². The Morgan fingerprint density at radius 1 is 0.850 bits per heavy atom. The Hall–Kier alpha value is -1.09. The Balaban J connectivity index is 3.65. The van der Waals surface area contributed by atoms with Crippen LogP contribution in [0.5, 0.6) is 0 Å². The van der Waals surface area contributed by atoms with Gasteiger partial charge >= 0.3 is 18.0 Å². The highest BCUT2D eigenvalue weighted by atomic mass is 35.5. The molecule has 0 heterocycles. The summed E-state index contributed by atoms with van der Waals surface area (Å²) in [6.45, 7) is 0. The molecule has 0 saturated carbocycles. The van der Waals surface area contributed by atoms with E-state index in [1.54, 1.807) is 0 Å². The van der Waals surface area contributed by atoms with E-state index in [1.165, 1.54) is 0 Å². The van der Waals surface area contributed by atoms with Crippen LogP contribution in [0.4, 0.5) is 36.4 Å². The molecule has 0 fully saturated rings. The van der Waals surface area contributed by atoms with Crippen molar-refractivity contribution in [3.8, 4) is 0 Å². The van der Waals surface area contributed by atoms with Crippen molar-refractivity contribution < 1.29 is 30.7 Å².